The van der Waals surface area contributed by atoms with E-state index >= 15 is 0 Å². The zero-order chi connectivity index (χ0) is 20.1. The molecule has 1 saturated heterocycles. The van der Waals surface area contributed by atoms with Gasteiger partial charge < -0.3 is 4.90 Å². The van der Waals surface area contributed by atoms with Crippen LogP contribution in [0.4, 0.5) is 5.69 Å². The Bertz CT molecular complexity index is 1050. The van der Waals surface area contributed by atoms with Crippen molar-refractivity contribution in [1.29, 1.82) is 0 Å². The van der Waals surface area contributed by atoms with Gasteiger partial charge >= 0.3 is 0 Å². The zero-order valence-electron chi connectivity index (χ0n) is 16.6. The minimum absolute atomic E-state index is 0.00137. The largest absolute Gasteiger partial charge is 0.315 e. The summed E-state index contributed by atoms with van der Waals surface area (Å²) in [5.74, 6) is -0.00137. The quantitative estimate of drug-likeness (QED) is 0.795. The predicted molar refractivity (Wildman–Crippen MR) is 110 cm³/mol. The Morgan fingerprint density at radius 3 is 2.68 bits per heavy atom. The fraction of sp³-hybridized carbons (Fsp3) is 0.409. The molecule has 0 saturated carbocycles. The first-order chi connectivity index (χ1) is 13.3. The molecule has 1 atom stereocenters. The van der Waals surface area contributed by atoms with Gasteiger partial charge in [-0.3, -0.25) is 4.79 Å². The Hall–Kier alpha value is -2.18. The molecular weight excluding hydrogens is 372 g/mol. The normalized spacial score (nSPS) is 20.0. The zero-order valence-corrected chi connectivity index (χ0v) is 17.4. The highest BCUT2D eigenvalue weighted by Crippen LogP contribution is 2.33. The Kier molecular flexibility index (Phi) is 4.79. The summed E-state index contributed by atoms with van der Waals surface area (Å²) in [4.78, 5) is 13.8. The number of likely N-dealkylation sites (N-methyl/N-ethyl adjacent to an activating group) is 1. The Balaban J connectivity index is 1.63. The van der Waals surface area contributed by atoms with Crippen molar-refractivity contribution in [3.8, 4) is 0 Å². The van der Waals surface area contributed by atoms with Crippen LogP contribution >= 0.6 is 0 Å². The Morgan fingerprint density at radius 2 is 1.89 bits per heavy atom. The second-order valence-electron chi connectivity index (χ2n) is 7.97. The molecule has 2 aromatic carbocycles. The van der Waals surface area contributed by atoms with Crippen LogP contribution in [0.5, 0.6) is 0 Å². The van der Waals surface area contributed by atoms with Crippen LogP contribution in [0.3, 0.4) is 0 Å². The summed E-state index contributed by atoms with van der Waals surface area (Å²) in [5, 5.41) is 0. The minimum atomic E-state index is -3.58. The molecule has 28 heavy (non-hydrogen) atoms. The Labute approximate surface area is 167 Å². The van der Waals surface area contributed by atoms with Gasteiger partial charge in [-0.2, -0.15) is 4.31 Å². The van der Waals surface area contributed by atoms with Crippen molar-refractivity contribution >= 4 is 21.6 Å². The van der Waals surface area contributed by atoms with Gasteiger partial charge in [0.15, 0.2) is 0 Å². The van der Waals surface area contributed by atoms with E-state index in [9.17, 15) is 13.2 Å². The maximum atomic E-state index is 13.4. The lowest BCUT2D eigenvalue weighted by Gasteiger charge is -2.25. The van der Waals surface area contributed by atoms with Gasteiger partial charge in [0.05, 0.1) is 11.3 Å². The number of anilines is 1. The number of fused-ring (bicyclic) bond motifs is 1. The fourth-order valence-electron chi connectivity index (χ4n) is 4.35. The number of carbonyl (C=O) groups is 1. The first-order valence-corrected chi connectivity index (χ1v) is 11.2. The van der Waals surface area contributed by atoms with Crippen LogP contribution in [0, 0.1) is 13.8 Å². The molecule has 148 valence electrons. The number of sulfonamides is 1. The number of hydrogen-bond donors (Lipinski definition) is 0. The van der Waals surface area contributed by atoms with E-state index in [4.69, 9.17) is 0 Å². The van der Waals surface area contributed by atoms with Crippen LogP contribution < -0.4 is 4.90 Å². The topological polar surface area (TPSA) is 57.7 Å². The molecular formula is C22H26N2O3S. The lowest BCUT2D eigenvalue weighted by Crippen LogP contribution is -2.37. The monoisotopic (exact) mass is 398 g/mol. The number of aryl methyl sites for hydroxylation is 2. The molecule has 0 radical (unpaired) electrons. The summed E-state index contributed by atoms with van der Waals surface area (Å²) in [6.07, 6.45) is 2.75. The van der Waals surface area contributed by atoms with Crippen molar-refractivity contribution in [1.82, 2.24) is 4.31 Å². The molecule has 0 spiro atoms. The van der Waals surface area contributed by atoms with Gasteiger partial charge in [0.2, 0.25) is 15.9 Å². The average Bonchev–Trinajstić information content (AvgIpc) is 3.23. The van der Waals surface area contributed by atoms with Crippen molar-refractivity contribution in [3.63, 3.8) is 0 Å². The molecule has 0 N–H and O–H groups in total. The molecule has 2 aliphatic rings. The maximum Gasteiger partial charge on any atom is 0.243 e. The summed E-state index contributed by atoms with van der Waals surface area (Å²) in [6.45, 7) is 4.69. The summed E-state index contributed by atoms with van der Waals surface area (Å²) < 4.78 is 28.4. The van der Waals surface area contributed by atoms with Crippen LogP contribution in [0.15, 0.2) is 41.3 Å². The highest BCUT2D eigenvalue weighted by Gasteiger charge is 2.36. The number of amides is 1. The summed E-state index contributed by atoms with van der Waals surface area (Å²) in [6, 6.07) is 11.4. The number of benzene rings is 2. The van der Waals surface area contributed by atoms with E-state index in [1.165, 1.54) is 16.7 Å². The van der Waals surface area contributed by atoms with Gasteiger partial charge in [0.25, 0.3) is 0 Å². The van der Waals surface area contributed by atoms with Crippen LogP contribution in [0.2, 0.25) is 0 Å². The third kappa shape index (κ3) is 3.25. The van der Waals surface area contributed by atoms with Crippen molar-refractivity contribution in [3.05, 3.63) is 58.7 Å². The van der Waals surface area contributed by atoms with Gasteiger partial charge in [-0.25, -0.2) is 8.42 Å². The van der Waals surface area contributed by atoms with Crippen molar-refractivity contribution in [2.24, 2.45) is 0 Å². The van der Waals surface area contributed by atoms with E-state index < -0.39 is 10.0 Å². The third-order valence-corrected chi connectivity index (χ3v) is 7.97. The second kappa shape index (κ2) is 7.01. The first-order valence-electron chi connectivity index (χ1n) is 9.75. The van der Waals surface area contributed by atoms with Crippen molar-refractivity contribution in [2.45, 2.75) is 50.5 Å². The second-order valence-corrected chi connectivity index (χ2v) is 9.86. The molecule has 1 unspecified atom stereocenters. The van der Waals surface area contributed by atoms with Gasteiger partial charge in [-0.05, 0) is 68.0 Å². The van der Waals surface area contributed by atoms with Gasteiger partial charge in [0.1, 0.15) is 0 Å². The van der Waals surface area contributed by atoms with Crippen LogP contribution in [0.25, 0.3) is 0 Å². The molecule has 2 heterocycles. The van der Waals surface area contributed by atoms with Crippen LogP contribution in [0.1, 0.15) is 35.1 Å². The van der Waals surface area contributed by atoms with Crippen molar-refractivity contribution in [2.75, 3.05) is 18.5 Å². The Morgan fingerprint density at radius 1 is 1.11 bits per heavy atom. The SMILES string of the molecule is Cc1ccc(C)c(CC2CCCN2S(=O)(=O)c2ccc3c(c2)CC(=O)N3C)c1. The molecule has 2 aliphatic heterocycles. The molecule has 1 fully saturated rings. The summed E-state index contributed by atoms with van der Waals surface area (Å²) in [7, 11) is -1.86. The van der Waals surface area contributed by atoms with Crippen molar-refractivity contribution < 1.29 is 13.2 Å². The first kappa shape index (κ1) is 19.2. The highest BCUT2D eigenvalue weighted by atomic mass is 32.2. The average molecular weight is 399 g/mol. The van der Waals surface area contributed by atoms with Gasteiger partial charge in [0, 0.05) is 25.3 Å². The number of hydrogen-bond acceptors (Lipinski definition) is 3. The third-order valence-electron chi connectivity index (χ3n) is 6.02. The molecule has 5 nitrogen and oxygen atoms in total. The van der Waals surface area contributed by atoms with E-state index in [0.29, 0.717) is 11.4 Å². The number of nitrogens with zero attached hydrogens (tertiary/aromatic N) is 2. The number of carbonyl (C=O) groups excluding carboxylic acids is 1. The number of rotatable bonds is 4. The van der Waals surface area contributed by atoms with E-state index in [1.807, 2.05) is 0 Å². The molecule has 4 rings (SSSR count). The summed E-state index contributed by atoms with van der Waals surface area (Å²) >= 11 is 0. The van der Waals surface area contributed by atoms with E-state index in [0.717, 1.165) is 30.5 Å². The molecule has 6 heteroatoms. The van der Waals surface area contributed by atoms with E-state index in [1.54, 1.807) is 34.5 Å². The fourth-order valence-corrected chi connectivity index (χ4v) is 6.09. The standard InChI is InChI=1S/C22H26N2O3S/c1-15-6-7-16(2)17(11-15)12-19-5-4-10-24(19)28(26,27)20-8-9-21-18(13-20)14-22(25)23(21)3/h6-9,11,13,19H,4-5,10,12,14H2,1-3H3. The smallest absolute Gasteiger partial charge is 0.243 e. The van der Waals surface area contributed by atoms with Gasteiger partial charge in [-0.15, -0.1) is 0 Å². The molecule has 2 aromatic rings. The van der Waals surface area contributed by atoms with E-state index in [-0.39, 0.29) is 18.4 Å². The summed E-state index contributed by atoms with van der Waals surface area (Å²) in [5.41, 5.74) is 5.21. The predicted octanol–water partition coefficient (Wildman–Crippen LogP) is 3.22. The lowest BCUT2D eigenvalue weighted by atomic mass is 9.98. The minimum Gasteiger partial charge on any atom is -0.315 e. The molecule has 0 aromatic heterocycles. The van der Waals surface area contributed by atoms with E-state index in [2.05, 4.69) is 32.0 Å². The maximum absolute atomic E-state index is 13.4. The molecule has 0 bridgehead atoms. The van der Waals surface area contributed by atoms with Crippen LogP contribution in [-0.4, -0.2) is 38.3 Å². The molecule has 0 aliphatic carbocycles. The molecule has 1 amide bonds. The lowest BCUT2D eigenvalue weighted by molar-refractivity contribution is -0.117. The van der Waals surface area contributed by atoms with Gasteiger partial charge in [-0.1, -0.05) is 23.8 Å². The highest BCUT2D eigenvalue weighted by molar-refractivity contribution is 7.89. The van der Waals surface area contributed by atoms with Crippen LogP contribution in [-0.2, 0) is 27.7 Å².